The molecule has 1 N–H and O–H groups in total. The molecule has 1 aromatic heterocycles. The number of aryl methyl sites for hydroxylation is 2. The second-order valence-electron chi connectivity index (χ2n) is 7.06. The van der Waals surface area contributed by atoms with E-state index in [9.17, 15) is 13.2 Å². The lowest BCUT2D eigenvalue weighted by atomic mass is 10.1. The van der Waals surface area contributed by atoms with Gasteiger partial charge in [0.15, 0.2) is 15.0 Å². The van der Waals surface area contributed by atoms with Gasteiger partial charge >= 0.3 is 0 Å². The van der Waals surface area contributed by atoms with Crippen LogP contribution in [0.5, 0.6) is 0 Å². The summed E-state index contributed by atoms with van der Waals surface area (Å²) in [6, 6.07) is 14.4. The fourth-order valence-corrected chi connectivity index (χ4v) is 5.21. The number of thioether (sulfide) groups is 1. The molecule has 1 heterocycles. The third-order valence-electron chi connectivity index (χ3n) is 4.81. The summed E-state index contributed by atoms with van der Waals surface area (Å²) in [5.41, 5.74) is 2.87. The monoisotopic (exact) mass is 458 g/mol. The van der Waals surface area contributed by atoms with Crippen LogP contribution >= 0.6 is 11.8 Å². The van der Waals surface area contributed by atoms with Crippen molar-refractivity contribution >= 4 is 33.2 Å². The Bertz CT molecular complexity index is 1160. The average Bonchev–Trinajstić information content (AvgIpc) is 3.13. The number of rotatable bonds is 9. The van der Waals surface area contributed by atoms with Crippen LogP contribution in [-0.4, -0.2) is 34.8 Å². The molecule has 0 aliphatic carbocycles. The van der Waals surface area contributed by atoms with Crippen LogP contribution < -0.4 is 5.32 Å². The molecule has 31 heavy (non-hydrogen) atoms. The molecule has 0 aliphatic rings. The van der Waals surface area contributed by atoms with Gasteiger partial charge in [0.2, 0.25) is 5.91 Å². The molecule has 164 valence electrons. The number of nitrogens with one attached hydrogen (secondary N) is 1. The molecule has 0 unspecified atom stereocenters. The van der Waals surface area contributed by atoms with E-state index in [1.165, 1.54) is 11.8 Å². The zero-order chi connectivity index (χ0) is 22.4. The van der Waals surface area contributed by atoms with E-state index in [1.807, 2.05) is 45.0 Å². The summed E-state index contributed by atoms with van der Waals surface area (Å²) in [5, 5.41) is 11.7. The van der Waals surface area contributed by atoms with Crippen LogP contribution in [0.15, 0.2) is 58.6 Å². The number of benzene rings is 2. The number of aromatic nitrogens is 3. The maximum Gasteiger partial charge on any atom is 0.234 e. The Labute approximate surface area is 187 Å². The second kappa shape index (κ2) is 10.1. The van der Waals surface area contributed by atoms with E-state index < -0.39 is 9.84 Å². The van der Waals surface area contributed by atoms with Gasteiger partial charge in [-0.05, 0) is 44.0 Å². The van der Waals surface area contributed by atoms with Gasteiger partial charge in [-0.15, -0.1) is 10.2 Å². The summed E-state index contributed by atoms with van der Waals surface area (Å²) in [6.45, 7) is 6.35. The molecule has 1 amide bonds. The van der Waals surface area contributed by atoms with Gasteiger partial charge in [0.05, 0.1) is 10.6 Å². The Morgan fingerprint density at radius 3 is 2.45 bits per heavy atom. The molecule has 0 saturated heterocycles. The van der Waals surface area contributed by atoms with Gasteiger partial charge < -0.3 is 9.88 Å². The Kier molecular flexibility index (Phi) is 7.50. The highest BCUT2D eigenvalue weighted by atomic mass is 32.2. The van der Waals surface area contributed by atoms with Crippen molar-refractivity contribution in [3.8, 4) is 0 Å². The van der Waals surface area contributed by atoms with E-state index >= 15 is 0 Å². The number of hydrogen-bond acceptors (Lipinski definition) is 6. The minimum atomic E-state index is -3.54. The first-order chi connectivity index (χ1) is 14.8. The fourth-order valence-electron chi connectivity index (χ4n) is 3.12. The van der Waals surface area contributed by atoms with E-state index in [-0.39, 0.29) is 22.3 Å². The molecule has 0 aliphatic heterocycles. The summed E-state index contributed by atoms with van der Waals surface area (Å²) in [5.74, 6) is 0.127. The summed E-state index contributed by atoms with van der Waals surface area (Å²) < 4.78 is 27.3. The largest absolute Gasteiger partial charge is 0.325 e. The Morgan fingerprint density at radius 2 is 1.77 bits per heavy atom. The molecule has 3 rings (SSSR count). The van der Waals surface area contributed by atoms with Crippen LogP contribution in [0, 0.1) is 6.92 Å². The normalized spacial score (nSPS) is 11.5. The lowest BCUT2D eigenvalue weighted by molar-refractivity contribution is -0.113. The van der Waals surface area contributed by atoms with Gasteiger partial charge in [0.25, 0.3) is 0 Å². The number of amides is 1. The molecule has 7 nitrogen and oxygen atoms in total. The summed E-state index contributed by atoms with van der Waals surface area (Å²) in [7, 11) is -3.54. The van der Waals surface area contributed by atoms with Crippen molar-refractivity contribution in [3.63, 3.8) is 0 Å². The number of carbonyl (C=O) groups excluding carboxylic acids is 1. The first-order valence-corrected chi connectivity index (χ1v) is 12.7. The first kappa shape index (κ1) is 23.0. The second-order valence-corrected chi connectivity index (χ2v) is 9.99. The van der Waals surface area contributed by atoms with Crippen LogP contribution in [0.25, 0.3) is 0 Å². The Morgan fingerprint density at radius 1 is 1.06 bits per heavy atom. The van der Waals surface area contributed by atoms with Gasteiger partial charge in [-0.2, -0.15) is 0 Å². The van der Waals surface area contributed by atoms with Gasteiger partial charge in [-0.1, -0.05) is 54.6 Å². The fraction of sp³-hybridized carbons (Fsp3) is 0.318. The van der Waals surface area contributed by atoms with Crippen molar-refractivity contribution < 1.29 is 13.2 Å². The number of nitrogens with zero attached hydrogens (tertiary/aromatic N) is 3. The topological polar surface area (TPSA) is 94.0 Å². The molecule has 0 spiro atoms. The number of para-hydroxylation sites is 1. The minimum absolute atomic E-state index is 0.148. The van der Waals surface area contributed by atoms with Crippen molar-refractivity contribution in [2.75, 3.05) is 11.1 Å². The minimum Gasteiger partial charge on any atom is -0.325 e. The molecule has 3 aromatic rings. The lowest BCUT2D eigenvalue weighted by Crippen LogP contribution is -2.16. The summed E-state index contributed by atoms with van der Waals surface area (Å²) in [4.78, 5) is 12.7. The zero-order valence-electron chi connectivity index (χ0n) is 17.8. The third kappa shape index (κ3) is 5.74. The molecule has 0 radical (unpaired) electrons. The number of anilines is 1. The smallest absolute Gasteiger partial charge is 0.234 e. The highest BCUT2D eigenvalue weighted by Gasteiger charge is 2.21. The van der Waals surface area contributed by atoms with E-state index in [2.05, 4.69) is 15.5 Å². The van der Waals surface area contributed by atoms with Crippen molar-refractivity contribution in [3.05, 3.63) is 65.5 Å². The quantitative estimate of drug-likeness (QED) is 0.489. The first-order valence-electron chi connectivity index (χ1n) is 10.1. The molecule has 0 fully saturated rings. The molecular formula is C22H26N4O3S2. The predicted octanol–water partition coefficient (Wildman–Crippen LogP) is 3.87. The molecule has 0 atom stereocenters. The van der Waals surface area contributed by atoms with Crippen LogP contribution in [-0.2, 0) is 33.4 Å². The predicted molar refractivity (Wildman–Crippen MR) is 123 cm³/mol. The maximum absolute atomic E-state index is 12.8. The van der Waals surface area contributed by atoms with Crippen LogP contribution in [0.1, 0.15) is 30.8 Å². The SMILES string of the molecule is CCc1ccccc1NC(=O)CSc1nnc(CS(=O)(=O)c2ccc(C)cc2)n1CC. The average molecular weight is 459 g/mol. The van der Waals surface area contributed by atoms with E-state index in [4.69, 9.17) is 0 Å². The van der Waals surface area contributed by atoms with Crippen LogP contribution in [0.4, 0.5) is 5.69 Å². The van der Waals surface area contributed by atoms with E-state index in [0.717, 1.165) is 23.2 Å². The van der Waals surface area contributed by atoms with Crippen molar-refractivity contribution in [1.29, 1.82) is 0 Å². The molecule has 0 bridgehead atoms. The third-order valence-corrected chi connectivity index (χ3v) is 7.41. The van der Waals surface area contributed by atoms with Gasteiger partial charge in [-0.25, -0.2) is 8.42 Å². The summed E-state index contributed by atoms with van der Waals surface area (Å²) in [6.07, 6.45) is 0.826. The Hall–Kier alpha value is -2.65. The van der Waals surface area contributed by atoms with Crippen LogP contribution in [0.3, 0.4) is 0 Å². The van der Waals surface area contributed by atoms with E-state index in [0.29, 0.717) is 17.5 Å². The molecule has 0 saturated carbocycles. The highest BCUT2D eigenvalue weighted by molar-refractivity contribution is 7.99. The summed E-state index contributed by atoms with van der Waals surface area (Å²) >= 11 is 1.24. The number of hydrogen-bond donors (Lipinski definition) is 1. The molecular weight excluding hydrogens is 432 g/mol. The highest BCUT2D eigenvalue weighted by Crippen LogP contribution is 2.22. The van der Waals surface area contributed by atoms with Crippen LogP contribution in [0.2, 0.25) is 0 Å². The number of carbonyl (C=O) groups is 1. The van der Waals surface area contributed by atoms with Crippen molar-refractivity contribution in [2.24, 2.45) is 0 Å². The number of sulfone groups is 1. The van der Waals surface area contributed by atoms with Crippen molar-refractivity contribution in [2.45, 2.75) is 49.5 Å². The van der Waals surface area contributed by atoms with Gasteiger partial charge in [0.1, 0.15) is 11.6 Å². The molecule has 9 heteroatoms. The van der Waals surface area contributed by atoms with Crippen molar-refractivity contribution in [1.82, 2.24) is 14.8 Å². The standard InChI is InChI=1S/C22H26N4O3S2/c1-4-17-8-6-7-9-19(17)23-21(27)14-30-22-25-24-20(26(22)5-2)15-31(28,29)18-12-10-16(3)11-13-18/h6-13H,4-5,14-15H2,1-3H3,(H,23,27). The maximum atomic E-state index is 12.8. The molecule has 2 aromatic carbocycles. The van der Waals surface area contributed by atoms with Gasteiger partial charge in [0, 0.05) is 12.2 Å². The van der Waals surface area contributed by atoms with Gasteiger partial charge in [-0.3, -0.25) is 4.79 Å². The van der Waals surface area contributed by atoms with E-state index in [1.54, 1.807) is 28.8 Å². The lowest BCUT2D eigenvalue weighted by Gasteiger charge is -2.10. The Balaban J connectivity index is 1.68. The zero-order valence-corrected chi connectivity index (χ0v) is 19.5.